The summed E-state index contributed by atoms with van der Waals surface area (Å²) in [5, 5.41) is 4.41. The Balaban J connectivity index is 2.32. The van der Waals surface area contributed by atoms with E-state index < -0.39 is 0 Å². The van der Waals surface area contributed by atoms with E-state index in [1.54, 1.807) is 0 Å². The van der Waals surface area contributed by atoms with E-state index in [1.807, 2.05) is 30.3 Å². The van der Waals surface area contributed by atoms with Crippen molar-refractivity contribution in [3.05, 3.63) is 54.6 Å². The number of benzene rings is 3. The lowest BCUT2D eigenvalue weighted by Crippen LogP contribution is -1.85. The number of hydrogen-bond acceptors (Lipinski definition) is 2. The monoisotopic (exact) mass is 233 g/mol. The number of furan rings is 1. The number of nitrogen functional groups attached to an aromatic ring is 1. The van der Waals surface area contributed by atoms with E-state index in [2.05, 4.69) is 24.3 Å². The summed E-state index contributed by atoms with van der Waals surface area (Å²) >= 11 is 0. The molecule has 0 amide bonds. The predicted molar refractivity (Wildman–Crippen MR) is 75.6 cm³/mol. The first-order valence-electron chi connectivity index (χ1n) is 5.93. The molecule has 1 aromatic heterocycles. The molecule has 3 aromatic carbocycles. The maximum absolute atomic E-state index is 6.00. The Bertz CT molecular complexity index is 889. The van der Waals surface area contributed by atoms with Gasteiger partial charge in [-0.2, -0.15) is 0 Å². The van der Waals surface area contributed by atoms with Gasteiger partial charge in [0.15, 0.2) is 0 Å². The molecule has 0 aliphatic heterocycles. The summed E-state index contributed by atoms with van der Waals surface area (Å²) in [4.78, 5) is 0. The molecule has 0 saturated carbocycles. The third-order valence-electron chi connectivity index (χ3n) is 3.44. The van der Waals surface area contributed by atoms with Crippen molar-refractivity contribution >= 4 is 38.4 Å². The lowest BCUT2D eigenvalue weighted by atomic mass is 10.0. The first-order valence-corrected chi connectivity index (χ1v) is 5.93. The number of rotatable bonds is 0. The average molecular weight is 233 g/mol. The fourth-order valence-electron chi connectivity index (χ4n) is 2.56. The number of hydrogen-bond donors (Lipinski definition) is 1. The van der Waals surface area contributed by atoms with Crippen molar-refractivity contribution in [1.82, 2.24) is 0 Å². The van der Waals surface area contributed by atoms with Gasteiger partial charge in [0.05, 0.1) is 0 Å². The summed E-state index contributed by atoms with van der Waals surface area (Å²) in [6.07, 6.45) is 0. The Labute approximate surface area is 104 Å². The Kier molecular flexibility index (Phi) is 1.73. The molecule has 1 heterocycles. The Morgan fingerprint density at radius 2 is 1.39 bits per heavy atom. The summed E-state index contributed by atoms with van der Waals surface area (Å²) in [6.45, 7) is 0. The van der Waals surface area contributed by atoms with Crippen molar-refractivity contribution < 1.29 is 4.42 Å². The molecule has 86 valence electrons. The predicted octanol–water partition coefficient (Wildman–Crippen LogP) is 4.32. The first-order chi connectivity index (χ1) is 8.84. The van der Waals surface area contributed by atoms with Gasteiger partial charge in [0.25, 0.3) is 0 Å². The molecule has 0 aliphatic rings. The second-order valence-corrected chi connectivity index (χ2v) is 4.48. The highest BCUT2D eigenvalue weighted by molar-refractivity contribution is 6.16. The van der Waals surface area contributed by atoms with Gasteiger partial charge in [0.1, 0.15) is 11.2 Å². The van der Waals surface area contributed by atoms with E-state index in [4.69, 9.17) is 10.2 Å². The minimum absolute atomic E-state index is 0.787. The van der Waals surface area contributed by atoms with Crippen LogP contribution in [0, 0.1) is 0 Å². The van der Waals surface area contributed by atoms with Crippen molar-refractivity contribution in [2.75, 3.05) is 5.73 Å². The van der Waals surface area contributed by atoms with Gasteiger partial charge in [-0.1, -0.05) is 36.4 Å². The van der Waals surface area contributed by atoms with Crippen LogP contribution in [0.5, 0.6) is 0 Å². The molecule has 0 spiro atoms. The van der Waals surface area contributed by atoms with E-state index in [-0.39, 0.29) is 0 Å². The lowest BCUT2D eigenvalue weighted by Gasteiger charge is -2.01. The zero-order valence-corrected chi connectivity index (χ0v) is 9.68. The standard InChI is InChI=1S/C16H11NO/c17-14-6-3-5-12-10(14)8-9-13-11-4-1-2-7-15(11)18-16(12)13/h1-9H,17H2. The smallest absolute Gasteiger partial charge is 0.143 e. The quantitative estimate of drug-likeness (QED) is 0.459. The van der Waals surface area contributed by atoms with Gasteiger partial charge in [-0.3, -0.25) is 0 Å². The normalized spacial score (nSPS) is 11.6. The molecule has 0 radical (unpaired) electrons. The molecule has 0 unspecified atom stereocenters. The van der Waals surface area contributed by atoms with Crippen molar-refractivity contribution in [1.29, 1.82) is 0 Å². The Hall–Kier alpha value is -2.48. The lowest BCUT2D eigenvalue weighted by molar-refractivity contribution is 0.672. The van der Waals surface area contributed by atoms with Crippen LogP contribution >= 0.6 is 0 Å². The molecular formula is C16H11NO. The molecule has 0 fully saturated rings. The molecule has 4 aromatic rings. The topological polar surface area (TPSA) is 39.2 Å². The van der Waals surface area contributed by atoms with Crippen molar-refractivity contribution in [2.45, 2.75) is 0 Å². The van der Waals surface area contributed by atoms with Gasteiger partial charge in [-0.15, -0.1) is 0 Å². The molecule has 0 bridgehead atoms. The minimum atomic E-state index is 0.787. The largest absolute Gasteiger partial charge is 0.455 e. The summed E-state index contributed by atoms with van der Waals surface area (Å²) < 4.78 is 5.97. The van der Waals surface area contributed by atoms with Gasteiger partial charge >= 0.3 is 0 Å². The first kappa shape index (κ1) is 9.54. The molecule has 18 heavy (non-hydrogen) atoms. The zero-order valence-electron chi connectivity index (χ0n) is 9.68. The number of fused-ring (bicyclic) bond motifs is 5. The van der Waals surface area contributed by atoms with Gasteiger partial charge in [0, 0.05) is 27.2 Å². The summed E-state index contributed by atoms with van der Waals surface area (Å²) in [5.74, 6) is 0. The number of anilines is 1. The highest BCUT2D eigenvalue weighted by Gasteiger charge is 2.10. The average Bonchev–Trinajstić information content (AvgIpc) is 2.78. The maximum atomic E-state index is 6.00. The SMILES string of the molecule is Nc1cccc2c1ccc1c3ccccc3oc21. The molecule has 4 rings (SSSR count). The van der Waals surface area contributed by atoms with Crippen LogP contribution in [0.1, 0.15) is 0 Å². The molecule has 2 N–H and O–H groups in total. The molecule has 0 saturated heterocycles. The van der Waals surface area contributed by atoms with Gasteiger partial charge in [-0.25, -0.2) is 0 Å². The van der Waals surface area contributed by atoms with Crippen LogP contribution in [-0.4, -0.2) is 0 Å². The fraction of sp³-hybridized carbons (Fsp3) is 0. The van der Waals surface area contributed by atoms with Crippen LogP contribution in [0.2, 0.25) is 0 Å². The minimum Gasteiger partial charge on any atom is -0.455 e. The molecule has 0 aliphatic carbocycles. The second-order valence-electron chi connectivity index (χ2n) is 4.48. The van der Waals surface area contributed by atoms with Crippen molar-refractivity contribution in [3.63, 3.8) is 0 Å². The molecular weight excluding hydrogens is 222 g/mol. The molecule has 2 heteroatoms. The third-order valence-corrected chi connectivity index (χ3v) is 3.44. The zero-order chi connectivity index (χ0) is 12.1. The van der Waals surface area contributed by atoms with Crippen LogP contribution in [-0.2, 0) is 0 Å². The van der Waals surface area contributed by atoms with Crippen LogP contribution in [0.4, 0.5) is 5.69 Å². The third kappa shape index (κ3) is 1.12. The molecule has 0 atom stereocenters. The number of nitrogens with two attached hydrogens (primary N) is 1. The fourth-order valence-corrected chi connectivity index (χ4v) is 2.56. The Morgan fingerprint density at radius 3 is 2.33 bits per heavy atom. The van der Waals surface area contributed by atoms with Crippen LogP contribution in [0.25, 0.3) is 32.7 Å². The van der Waals surface area contributed by atoms with Crippen LogP contribution in [0.15, 0.2) is 59.0 Å². The van der Waals surface area contributed by atoms with E-state index in [1.165, 1.54) is 0 Å². The van der Waals surface area contributed by atoms with Crippen LogP contribution < -0.4 is 5.73 Å². The van der Waals surface area contributed by atoms with Gasteiger partial charge in [0.2, 0.25) is 0 Å². The van der Waals surface area contributed by atoms with Gasteiger partial charge < -0.3 is 10.2 Å². The van der Waals surface area contributed by atoms with Crippen LogP contribution in [0.3, 0.4) is 0 Å². The molecule has 2 nitrogen and oxygen atoms in total. The van der Waals surface area contributed by atoms with E-state index in [0.717, 1.165) is 38.4 Å². The highest BCUT2D eigenvalue weighted by Crippen LogP contribution is 2.35. The number of para-hydroxylation sites is 1. The van der Waals surface area contributed by atoms with Crippen molar-refractivity contribution in [3.8, 4) is 0 Å². The van der Waals surface area contributed by atoms with E-state index in [0.29, 0.717) is 0 Å². The summed E-state index contributed by atoms with van der Waals surface area (Å²) in [5.41, 5.74) is 8.62. The Morgan fingerprint density at radius 1 is 0.667 bits per heavy atom. The summed E-state index contributed by atoms with van der Waals surface area (Å²) in [6, 6.07) is 18.2. The van der Waals surface area contributed by atoms with E-state index >= 15 is 0 Å². The summed E-state index contributed by atoms with van der Waals surface area (Å²) in [7, 11) is 0. The maximum Gasteiger partial charge on any atom is 0.143 e. The van der Waals surface area contributed by atoms with Crippen molar-refractivity contribution in [2.24, 2.45) is 0 Å². The van der Waals surface area contributed by atoms with E-state index in [9.17, 15) is 0 Å². The van der Waals surface area contributed by atoms with Gasteiger partial charge in [-0.05, 0) is 18.2 Å². The highest BCUT2D eigenvalue weighted by atomic mass is 16.3. The second kappa shape index (κ2) is 3.26.